The lowest BCUT2D eigenvalue weighted by atomic mass is 10.0. The maximum atomic E-state index is 9.96. The first kappa shape index (κ1) is 8.47. The van der Waals surface area contributed by atoms with Crippen LogP contribution in [0.5, 0.6) is 0 Å². The minimum atomic E-state index is 0.538. The van der Waals surface area contributed by atoms with E-state index in [2.05, 4.69) is 6.08 Å². The Morgan fingerprint density at radius 3 is 3.09 bits per heavy atom. The number of ether oxygens (including phenoxy) is 1. The Labute approximate surface area is 67.2 Å². The third kappa shape index (κ3) is 3.33. The number of allylic oxidation sites excluding steroid dienone is 1. The Bertz CT molecular complexity index is 134. The van der Waals surface area contributed by atoms with E-state index in [0.29, 0.717) is 12.3 Å². The van der Waals surface area contributed by atoms with Gasteiger partial charge in [-0.15, -0.1) is 0 Å². The highest BCUT2D eigenvalue weighted by atomic mass is 16.5. The summed E-state index contributed by atoms with van der Waals surface area (Å²) < 4.78 is 5.27. The van der Waals surface area contributed by atoms with Gasteiger partial charge in [0.1, 0.15) is 6.29 Å². The molecule has 0 N–H and O–H groups in total. The summed E-state index contributed by atoms with van der Waals surface area (Å²) in [5.41, 5.74) is 0. The van der Waals surface area contributed by atoms with Crippen molar-refractivity contribution in [2.45, 2.75) is 19.3 Å². The summed E-state index contributed by atoms with van der Waals surface area (Å²) in [5, 5.41) is 0. The van der Waals surface area contributed by atoms with Crippen molar-refractivity contribution in [1.82, 2.24) is 0 Å². The maximum Gasteiger partial charge on any atom is 0.123 e. The lowest BCUT2D eigenvalue weighted by Gasteiger charge is -2.18. The number of carbonyl (C=O) groups excluding carboxylic acids is 1. The van der Waals surface area contributed by atoms with Crippen molar-refractivity contribution in [3.63, 3.8) is 0 Å². The average Bonchev–Trinajstić information content (AvgIpc) is 2.07. The molecule has 0 bridgehead atoms. The van der Waals surface area contributed by atoms with Crippen LogP contribution in [-0.4, -0.2) is 19.5 Å². The van der Waals surface area contributed by atoms with E-state index < -0.39 is 0 Å². The number of aldehydes is 1. The van der Waals surface area contributed by atoms with Gasteiger partial charge in [0.15, 0.2) is 0 Å². The van der Waals surface area contributed by atoms with Crippen molar-refractivity contribution in [3.8, 4) is 0 Å². The van der Waals surface area contributed by atoms with E-state index in [1.807, 2.05) is 6.08 Å². The van der Waals surface area contributed by atoms with Crippen LogP contribution in [0.2, 0.25) is 0 Å². The summed E-state index contributed by atoms with van der Waals surface area (Å²) in [4.78, 5) is 9.96. The summed E-state index contributed by atoms with van der Waals surface area (Å²) in [5.74, 6) is 0.545. The Hall–Kier alpha value is -0.630. The monoisotopic (exact) mass is 154 g/mol. The molecule has 0 aromatic heterocycles. The smallest absolute Gasteiger partial charge is 0.123 e. The zero-order valence-corrected chi connectivity index (χ0v) is 6.66. The first-order chi connectivity index (χ1) is 5.43. The zero-order valence-electron chi connectivity index (χ0n) is 6.66. The highest BCUT2D eigenvalue weighted by Crippen LogP contribution is 2.14. The molecule has 0 aliphatic carbocycles. The molecule has 1 unspecified atom stereocenters. The molecule has 1 atom stereocenters. The second-order valence-electron chi connectivity index (χ2n) is 2.81. The van der Waals surface area contributed by atoms with Gasteiger partial charge >= 0.3 is 0 Å². The Balaban J connectivity index is 2.18. The molecule has 0 spiro atoms. The van der Waals surface area contributed by atoms with Crippen LogP contribution < -0.4 is 0 Å². The summed E-state index contributed by atoms with van der Waals surface area (Å²) in [7, 11) is 0. The van der Waals surface area contributed by atoms with Crippen LogP contribution in [0.4, 0.5) is 0 Å². The molecule has 62 valence electrons. The molecule has 0 radical (unpaired) electrons. The Morgan fingerprint density at radius 2 is 2.45 bits per heavy atom. The third-order valence-corrected chi connectivity index (χ3v) is 1.84. The van der Waals surface area contributed by atoms with Gasteiger partial charge in [-0.2, -0.15) is 0 Å². The van der Waals surface area contributed by atoms with E-state index in [1.165, 1.54) is 6.42 Å². The fourth-order valence-electron chi connectivity index (χ4n) is 1.24. The quantitative estimate of drug-likeness (QED) is 0.455. The molecule has 0 aromatic carbocycles. The standard InChI is InChI=1S/C9H14O2/c10-6-2-1-4-9-5-3-7-11-8-9/h1,4,6,9H,2-3,5,7-8H2/b4-1-. The van der Waals surface area contributed by atoms with Crippen LogP contribution in [0.15, 0.2) is 12.2 Å². The van der Waals surface area contributed by atoms with E-state index in [-0.39, 0.29) is 0 Å². The van der Waals surface area contributed by atoms with Crippen molar-refractivity contribution in [2.75, 3.05) is 13.2 Å². The minimum absolute atomic E-state index is 0.538. The van der Waals surface area contributed by atoms with Gasteiger partial charge in [-0.3, -0.25) is 0 Å². The molecule has 1 fully saturated rings. The van der Waals surface area contributed by atoms with Crippen LogP contribution in [0, 0.1) is 5.92 Å². The van der Waals surface area contributed by atoms with Gasteiger partial charge in [0.2, 0.25) is 0 Å². The Kier molecular flexibility index (Phi) is 3.91. The van der Waals surface area contributed by atoms with Crippen LogP contribution in [-0.2, 0) is 9.53 Å². The zero-order chi connectivity index (χ0) is 7.94. The second kappa shape index (κ2) is 5.08. The van der Waals surface area contributed by atoms with Crippen molar-refractivity contribution < 1.29 is 9.53 Å². The third-order valence-electron chi connectivity index (χ3n) is 1.84. The van der Waals surface area contributed by atoms with Gasteiger partial charge in [-0.05, 0) is 12.8 Å². The van der Waals surface area contributed by atoms with E-state index in [0.717, 1.165) is 25.9 Å². The lowest BCUT2D eigenvalue weighted by Crippen LogP contribution is -2.14. The molecule has 1 saturated heterocycles. The molecule has 2 nitrogen and oxygen atoms in total. The fourth-order valence-corrected chi connectivity index (χ4v) is 1.24. The van der Waals surface area contributed by atoms with Gasteiger partial charge in [-0.25, -0.2) is 0 Å². The molecule has 2 heteroatoms. The fraction of sp³-hybridized carbons (Fsp3) is 0.667. The number of hydrogen-bond donors (Lipinski definition) is 0. The summed E-state index contributed by atoms with van der Waals surface area (Å²) in [6, 6.07) is 0. The van der Waals surface area contributed by atoms with E-state index in [4.69, 9.17) is 4.74 Å². The normalized spacial score (nSPS) is 25.6. The van der Waals surface area contributed by atoms with Crippen LogP contribution in [0.25, 0.3) is 0 Å². The highest BCUT2D eigenvalue weighted by Gasteiger charge is 2.09. The topological polar surface area (TPSA) is 26.3 Å². The first-order valence-electron chi connectivity index (χ1n) is 4.11. The summed E-state index contributed by atoms with van der Waals surface area (Å²) in [6.07, 6.45) is 7.82. The number of rotatable bonds is 3. The van der Waals surface area contributed by atoms with Crippen molar-refractivity contribution in [1.29, 1.82) is 0 Å². The van der Waals surface area contributed by atoms with Crippen molar-refractivity contribution >= 4 is 6.29 Å². The van der Waals surface area contributed by atoms with Gasteiger partial charge in [0.05, 0.1) is 6.61 Å². The largest absolute Gasteiger partial charge is 0.381 e. The predicted molar refractivity (Wildman–Crippen MR) is 43.4 cm³/mol. The molecule has 11 heavy (non-hydrogen) atoms. The van der Waals surface area contributed by atoms with Crippen molar-refractivity contribution in [2.24, 2.45) is 5.92 Å². The van der Waals surface area contributed by atoms with Crippen LogP contribution in [0.3, 0.4) is 0 Å². The van der Waals surface area contributed by atoms with E-state index in [9.17, 15) is 4.79 Å². The van der Waals surface area contributed by atoms with E-state index in [1.54, 1.807) is 0 Å². The molecule has 0 amide bonds. The van der Waals surface area contributed by atoms with E-state index >= 15 is 0 Å². The molecule has 1 aliphatic heterocycles. The predicted octanol–water partition coefficient (Wildman–Crippen LogP) is 1.56. The number of hydrogen-bond acceptors (Lipinski definition) is 2. The molecule has 0 saturated carbocycles. The summed E-state index contributed by atoms with van der Waals surface area (Å²) >= 11 is 0. The van der Waals surface area contributed by atoms with Crippen LogP contribution in [0.1, 0.15) is 19.3 Å². The minimum Gasteiger partial charge on any atom is -0.381 e. The van der Waals surface area contributed by atoms with Crippen molar-refractivity contribution in [3.05, 3.63) is 12.2 Å². The first-order valence-corrected chi connectivity index (χ1v) is 4.11. The number of carbonyl (C=O) groups is 1. The SMILES string of the molecule is O=CC/C=C\C1CCCOC1. The molecule has 1 aliphatic rings. The highest BCUT2D eigenvalue weighted by molar-refractivity contribution is 5.51. The maximum absolute atomic E-state index is 9.96. The molecular formula is C9H14O2. The molecule has 0 aromatic rings. The van der Waals surface area contributed by atoms with Crippen LogP contribution >= 0.6 is 0 Å². The lowest BCUT2D eigenvalue weighted by molar-refractivity contribution is -0.107. The summed E-state index contributed by atoms with van der Waals surface area (Å²) in [6.45, 7) is 1.73. The molecular weight excluding hydrogens is 140 g/mol. The average molecular weight is 154 g/mol. The van der Waals surface area contributed by atoms with Gasteiger partial charge < -0.3 is 9.53 Å². The Morgan fingerprint density at radius 1 is 1.55 bits per heavy atom. The molecule has 1 heterocycles. The van der Waals surface area contributed by atoms with Gasteiger partial charge in [0.25, 0.3) is 0 Å². The van der Waals surface area contributed by atoms with Gasteiger partial charge in [-0.1, -0.05) is 12.2 Å². The molecule has 1 rings (SSSR count). The second-order valence-corrected chi connectivity index (χ2v) is 2.81. The van der Waals surface area contributed by atoms with Gasteiger partial charge in [0, 0.05) is 18.9 Å².